The van der Waals surface area contributed by atoms with E-state index in [0.717, 1.165) is 13.8 Å². The molecule has 0 aromatic heterocycles. The van der Waals surface area contributed by atoms with Gasteiger partial charge in [0.2, 0.25) is 11.1 Å². The van der Waals surface area contributed by atoms with Crippen LogP contribution in [0.5, 0.6) is 0 Å². The van der Waals surface area contributed by atoms with E-state index in [1.54, 1.807) is 60.7 Å². The summed E-state index contributed by atoms with van der Waals surface area (Å²) < 4.78 is 76.5. The van der Waals surface area contributed by atoms with E-state index in [1.807, 2.05) is 0 Å². The molecule has 1 unspecified atom stereocenters. The molecule has 0 saturated carbocycles. The molecule has 0 heterocycles. The van der Waals surface area contributed by atoms with Gasteiger partial charge in [0.05, 0.1) is 37.4 Å². The SMILES string of the molecule is C[C@@](C#N)(NC(CO)c1ccccc1)C(F)(F)F.C[C@](C#N)(N[C@@H](CO)c1ccccc1)C(F)(F)F. The summed E-state index contributed by atoms with van der Waals surface area (Å²) in [5.41, 5.74) is -4.41. The van der Waals surface area contributed by atoms with E-state index in [2.05, 4.69) is 10.6 Å². The zero-order valence-electron chi connectivity index (χ0n) is 19.4. The van der Waals surface area contributed by atoms with Crippen LogP contribution in [-0.4, -0.2) is 46.9 Å². The molecule has 0 fully saturated rings. The van der Waals surface area contributed by atoms with E-state index in [-0.39, 0.29) is 0 Å². The number of benzene rings is 2. The van der Waals surface area contributed by atoms with E-state index in [9.17, 15) is 26.3 Å². The summed E-state index contributed by atoms with van der Waals surface area (Å²) in [6, 6.07) is 16.9. The topological polar surface area (TPSA) is 112 Å². The maximum Gasteiger partial charge on any atom is 0.419 e. The van der Waals surface area contributed by atoms with Crippen molar-refractivity contribution in [3.63, 3.8) is 0 Å². The van der Waals surface area contributed by atoms with Crippen LogP contribution in [0.3, 0.4) is 0 Å². The van der Waals surface area contributed by atoms with Crippen LogP contribution in [0.4, 0.5) is 26.3 Å². The van der Waals surface area contributed by atoms with Crippen LogP contribution in [0.15, 0.2) is 60.7 Å². The van der Waals surface area contributed by atoms with Gasteiger partial charge in [0, 0.05) is 0 Å². The molecule has 0 aliphatic carbocycles. The minimum atomic E-state index is -4.72. The third-order valence-electron chi connectivity index (χ3n) is 5.28. The Balaban J connectivity index is 0.000000360. The fourth-order valence-corrected chi connectivity index (χ4v) is 2.89. The Morgan fingerprint density at radius 2 is 0.944 bits per heavy atom. The van der Waals surface area contributed by atoms with Crippen LogP contribution < -0.4 is 10.6 Å². The van der Waals surface area contributed by atoms with Crippen LogP contribution in [0, 0.1) is 22.7 Å². The fourth-order valence-electron chi connectivity index (χ4n) is 2.89. The summed E-state index contributed by atoms with van der Waals surface area (Å²) >= 11 is 0. The van der Waals surface area contributed by atoms with E-state index in [1.165, 1.54) is 12.1 Å². The molecular formula is C24H26F6N4O2. The highest BCUT2D eigenvalue weighted by Crippen LogP contribution is 2.33. The maximum absolute atomic E-state index is 12.8. The molecule has 4 N–H and O–H groups in total. The normalized spacial score (nSPS) is 16.7. The third-order valence-corrected chi connectivity index (χ3v) is 5.28. The molecule has 6 nitrogen and oxygen atoms in total. The van der Waals surface area contributed by atoms with Crippen LogP contribution in [-0.2, 0) is 0 Å². The van der Waals surface area contributed by atoms with E-state index >= 15 is 0 Å². The van der Waals surface area contributed by atoms with Gasteiger partial charge in [0.1, 0.15) is 0 Å². The van der Waals surface area contributed by atoms with E-state index in [0.29, 0.717) is 11.1 Å². The summed E-state index contributed by atoms with van der Waals surface area (Å²) in [7, 11) is 0. The highest BCUT2D eigenvalue weighted by molar-refractivity contribution is 5.23. The molecular weight excluding hydrogens is 490 g/mol. The quantitative estimate of drug-likeness (QED) is 0.389. The van der Waals surface area contributed by atoms with Gasteiger partial charge in [-0.05, 0) is 25.0 Å². The number of alkyl halides is 6. The predicted molar refractivity (Wildman–Crippen MR) is 119 cm³/mol. The van der Waals surface area contributed by atoms with Gasteiger partial charge in [-0.2, -0.15) is 36.9 Å². The largest absolute Gasteiger partial charge is 0.419 e. The second-order valence-electron chi connectivity index (χ2n) is 8.05. The number of hydrogen-bond acceptors (Lipinski definition) is 6. The molecule has 0 spiro atoms. The van der Waals surface area contributed by atoms with Crippen LogP contribution in [0.1, 0.15) is 37.1 Å². The fraction of sp³-hybridized carbons (Fsp3) is 0.417. The van der Waals surface area contributed by atoms with Gasteiger partial charge < -0.3 is 10.2 Å². The van der Waals surface area contributed by atoms with Gasteiger partial charge in [-0.25, -0.2) is 0 Å². The summed E-state index contributed by atoms with van der Waals surface area (Å²) in [4.78, 5) is 0. The van der Waals surface area contributed by atoms with Gasteiger partial charge in [0.25, 0.3) is 0 Å². The first-order valence-electron chi connectivity index (χ1n) is 10.5. The molecule has 12 heteroatoms. The Morgan fingerprint density at radius 1 is 0.667 bits per heavy atom. The summed E-state index contributed by atoms with van der Waals surface area (Å²) in [5, 5.41) is 40.0. The lowest BCUT2D eigenvalue weighted by Crippen LogP contribution is -2.55. The van der Waals surface area contributed by atoms with Crippen LogP contribution in [0.25, 0.3) is 0 Å². The van der Waals surface area contributed by atoms with Crippen molar-refractivity contribution >= 4 is 0 Å². The van der Waals surface area contributed by atoms with Crippen molar-refractivity contribution < 1.29 is 36.6 Å². The summed E-state index contributed by atoms with van der Waals surface area (Å²) in [5.74, 6) is 0. The molecule has 196 valence electrons. The Kier molecular flexibility index (Phi) is 10.9. The molecule has 4 atom stereocenters. The second-order valence-corrected chi connectivity index (χ2v) is 8.05. The lowest BCUT2D eigenvalue weighted by atomic mass is 9.99. The number of aliphatic hydroxyl groups excluding tert-OH is 2. The number of nitrogens with zero attached hydrogens (tertiary/aromatic N) is 2. The van der Waals surface area contributed by atoms with Crippen molar-refractivity contribution in [2.24, 2.45) is 0 Å². The van der Waals surface area contributed by atoms with Gasteiger partial charge in [-0.15, -0.1) is 0 Å². The van der Waals surface area contributed by atoms with Gasteiger partial charge >= 0.3 is 12.4 Å². The number of halogens is 6. The third kappa shape index (κ3) is 7.93. The predicted octanol–water partition coefficient (Wildman–Crippen LogP) is 4.31. The Bertz CT molecular complexity index is 938. The number of rotatable bonds is 8. The van der Waals surface area contributed by atoms with Crippen molar-refractivity contribution in [3.8, 4) is 12.1 Å². The molecule has 0 aliphatic heterocycles. The average Bonchev–Trinajstić information content (AvgIpc) is 2.85. The highest BCUT2D eigenvalue weighted by Gasteiger charge is 2.53. The molecule has 2 aromatic rings. The minimum Gasteiger partial charge on any atom is -0.394 e. The lowest BCUT2D eigenvalue weighted by molar-refractivity contribution is -0.177. The summed E-state index contributed by atoms with van der Waals surface area (Å²) in [6.07, 6.45) is -9.44. The van der Waals surface area contributed by atoms with Gasteiger partial charge in [0.15, 0.2) is 0 Å². The van der Waals surface area contributed by atoms with Crippen molar-refractivity contribution in [3.05, 3.63) is 71.8 Å². The Morgan fingerprint density at radius 3 is 1.14 bits per heavy atom. The molecule has 0 amide bonds. The first-order chi connectivity index (χ1) is 16.7. The smallest absolute Gasteiger partial charge is 0.394 e. The van der Waals surface area contributed by atoms with Crippen molar-refractivity contribution in [1.29, 1.82) is 10.5 Å². The number of nitrogens with one attached hydrogen (secondary N) is 2. The maximum atomic E-state index is 12.8. The van der Waals surface area contributed by atoms with Crippen LogP contribution >= 0.6 is 0 Å². The number of aliphatic hydroxyl groups is 2. The molecule has 0 bridgehead atoms. The molecule has 36 heavy (non-hydrogen) atoms. The monoisotopic (exact) mass is 516 g/mol. The standard InChI is InChI=1S/2C12H13F3N2O/c2*1-11(8-16,12(13,14)15)17-10(7-18)9-5-3-2-4-6-9/h2*2-6,10,17-18H,7H2,1H3/t10?,11-;10-,11+/m00/s1. The molecule has 2 rings (SSSR count). The molecule has 0 saturated heterocycles. The highest BCUT2D eigenvalue weighted by atomic mass is 19.4. The Labute approximate surface area is 204 Å². The van der Waals surface area contributed by atoms with Crippen molar-refractivity contribution in [2.75, 3.05) is 13.2 Å². The van der Waals surface area contributed by atoms with E-state index in [4.69, 9.17) is 20.7 Å². The average molecular weight is 516 g/mol. The zero-order chi connectivity index (χ0) is 27.6. The minimum absolute atomic E-state index is 0.491. The van der Waals surface area contributed by atoms with E-state index < -0.39 is 48.7 Å². The lowest BCUT2D eigenvalue weighted by Gasteiger charge is -2.30. The Hall–Kier alpha value is -3.16. The van der Waals surface area contributed by atoms with Crippen molar-refractivity contribution in [1.82, 2.24) is 10.6 Å². The molecule has 2 aromatic carbocycles. The van der Waals surface area contributed by atoms with Crippen molar-refractivity contribution in [2.45, 2.75) is 49.4 Å². The summed E-state index contributed by atoms with van der Waals surface area (Å²) in [6.45, 7) is 0.436. The zero-order valence-corrected chi connectivity index (χ0v) is 19.4. The number of hydrogen-bond donors (Lipinski definition) is 4. The molecule has 0 aliphatic rings. The van der Waals surface area contributed by atoms with Crippen LogP contribution in [0.2, 0.25) is 0 Å². The molecule has 0 radical (unpaired) electrons. The van der Waals surface area contributed by atoms with Gasteiger partial charge in [-0.3, -0.25) is 10.6 Å². The first-order valence-corrected chi connectivity index (χ1v) is 10.5. The first kappa shape index (κ1) is 30.9. The second kappa shape index (κ2) is 12.7. The van der Waals surface area contributed by atoms with Gasteiger partial charge in [-0.1, -0.05) is 60.7 Å². The number of nitriles is 2.